The van der Waals surface area contributed by atoms with Gasteiger partial charge in [-0.1, -0.05) is 0 Å². The zero-order chi connectivity index (χ0) is 20.9. The van der Waals surface area contributed by atoms with Crippen LogP contribution in [0.25, 0.3) is 0 Å². The van der Waals surface area contributed by atoms with Gasteiger partial charge in [-0.3, -0.25) is 4.79 Å². The van der Waals surface area contributed by atoms with Gasteiger partial charge in [0.05, 0.1) is 11.0 Å². The van der Waals surface area contributed by atoms with E-state index in [1.807, 2.05) is 0 Å². The highest BCUT2D eigenvalue weighted by molar-refractivity contribution is 5.81. The molecule has 0 radical (unpaired) electrons. The number of amides is 2. The van der Waals surface area contributed by atoms with Crippen LogP contribution < -0.4 is 11.1 Å². The summed E-state index contributed by atoms with van der Waals surface area (Å²) in [4.78, 5) is 31.0. The van der Waals surface area contributed by atoms with Crippen LogP contribution in [0, 0.1) is 34.5 Å². The SMILES string of the molecule is N#Cc1cccnc1N[C@H]1CCN(C(=O)OC2C3CC4CC2CC(C(N)=O)(C4)C3)C1. The van der Waals surface area contributed by atoms with Gasteiger partial charge in [-0.25, -0.2) is 9.78 Å². The molecule has 0 aromatic carbocycles. The van der Waals surface area contributed by atoms with Gasteiger partial charge >= 0.3 is 6.09 Å². The molecule has 4 bridgehead atoms. The smallest absolute Gasteiger partial charge is 0.410 e. The van der Waals surface area contributed by atoms with Crippen LogP contribution in [0.4, 0.5) is 10.6 Å². The van der Waals surface area contributed by atoms with E-state index in [9.17, 15) is 14.9 Å². The Labute approximate surface area is 175 Å². The molecule has 1 aromatic rings. The largest absolute Gasteiger partial charge is 0.446 e. The lowest BCUT2D eigenvalue weighted by Crippen LogP contribution is -2.59. The zero-order valence-electron chi connectivity index (χ0n) is 16.9. The second-order valence-corrected chi connectivity index (χ2v) is 9.55. The maximum atomic E-state index is 12.9. The Bertz CT molecular complexity index is 896. The fourth-order valence-electron chi connectivity index (χ4n) is 6.51. The molecule has 2 heterocycles. The van der Waals surface area contributed by atoms with Crippen molar-refractivity contribution >= 4 is 17.8 Å². The molecule has 3 atom stereocenters. The van der Waals surface area contributed by atoms with Crippen molar-refractivity contribution in [2.24, 2.45) is 28.9 Å². The lowest BCUT2D eigenvalue weighted by Gasteiger charge is -2.58. The normalized spacial score (nSPS) is 36.4. The molecule has 0 spiro atoms. The third kappa shape index (κ3) is 3.17. The van der Waals surface area contributed by atoms with Crippen LogP contribution in [0.3, 0.4) is 0 Å². The highest BCUT2D eigenvalue weighted by Gasteiger charge is 2.59. The minimum atomic E-state index is -0.372. The van der Waals surface area contributed by atoms with E-state index in [2.05, 4.69) is 16.4 Å². The van der Waals surface area contributed by atoms with Crippen LogP contribution in [0.2, 0.25) is 0 Å². The van der Waals surface area contributed by atoms with Gasteiger partial charge in [-0.05, 0) is 68.4 Å². The molecule has 8 heteroatoms. The minimum Gasteiger partial charge on any atom is -0.446 e. The predicted molar refractivity (Wildman–Crippen MR) is 108 cm³/mol. The first-order valence-electron chi connectivity index (χ1n) is 10.8. The lowest BCUT2D eigenvalue weighted by atomic mass is 9.48. The molecule has 3 N–H and O–H groups in total. The summed E-state index contributed by atoms with van der Waals surface area (Å²) < 4.78 is 6.02. The van der Waals surface area contributed by atoms with E-state index in [4.69, 9.17) is 10.5 Å². The number of ether oxygens (including phenoxy) is 1. The van der Waals surface area contributed by atoms with Crippen LogP contribution in [-0.4, -0.2) is 47.1 Å². The molecule has 1 saturated heterocycles. The monoisotopic (exact) mass is 409 g/mol. The van der Waals surface area contributed by atoms with Gasteiger partial charge < -0.3 is 20.7 Å². The van der Waals surface area contributed by atoms with Gasteiger partial charge in [-0.2, -0.15) is 5.26 Å². The molecular weight excluding hydrogens is 382 g/mol. The van der Waals surface area contributed by atoms with Crippen molar-refractivity contribution in [3.05, 3.63) is 23.9 Å². The molecule has 4 saturated carbocycles. The lowest BCUT2D eigenvalue weighted by molar-refractivity contribution is -0.161. The molecule has 1 aliphatic heterocycles. The Kier molecular flexibility index (Phi) is 4.57. The molecule has 8 nitrogen and oxygen atoms in total. The van der Waals surface area contributed by atoms with Crippen molar-refractivity contribution in [2.45, 2.75) is 50.7 Å². The number of likely N-dealkylation sites (tertiary alicyclic amines) is 1. The van der Waals surface area contributed by atoms with Crippen molar-refractivity contribution in [3.63, 3.8) is 0 Å². The summed E-state index contributed by atoms with van der Waals surface area (Å²) in [6, 6.07) is 5.63. The first kappa shape index (κ1) is 19.2. The Morgan fingerprint density at radius 1 is 1.30 bits per heavy atom. The third-order valence-electron chi connectivity index (χ3n) is 7.66. The number of nitrogens with zero attached hydrogens (tertiary/aromatic N) is 3. The highest BCUT2D eigenvalue weighted by atomic mass is 16.6. The summed E-state index contributed by atoms with van der Waals surface area (Å²) in [6.07, 6.45) is 6.54. The minimum absolute atomic E-state index is 0.0381. The molecule has 6 rings (SSSR count). The summed E-state index contributed by atoms with van der Waals surface area (Å²) >= 11 is 0. The number of rotatable bonds is 4. The summed E-state index contributed by atoms with van der Waals surface area (Å²) in [6.45, 7) is 1.14. The van der Waals surface area contributed by atoms with Crippen molar-refractivity contribution in [2.75, 3.05) is 18.4 Å². The molecule has 30 heavy (non-hydrogen) atoms. The van der Waals surface area contributed by atoms with E-state index in [0.29, 0.717) is 30.4 Å². The first-order chi connectivity index (χ1) is 14.5. The number of primary amides is 1. The number of carbonyl (C=O) groups is 2. The van der Waals surface area contributed by atoms with Crippen molar-refractivity contribution in [1.29, 1.82) is 5.26 Å². The van der Waals surface area contributed by atoms with Gasteiger partial charge in [0.15, 0.2) is 0 Å². The quantitative estimate of drug-likeness (QED) is 0.787. The van der Waals surface area contributed by atoms with E-state index >= 15 is 0 Å². The maximum absolute atomic E-state index is 12.9. The molecule has 1 aromatic heterocycles. The average Bonchev–Trinajstić information content (AvgIpc) is 3.19. The van der Waals surface area contributed by atoms with Gasteiger partial charge in [0.1, 0.15) is 18.0 Å². The molecule has 4 aliphatic carbocycles. The Morgan fingerprint density at radius 2 is 2.07 bits per heavy atom. The van der Waals surface area contributed by atoms with E-state index in [0.717, 1.165) is 38.5 Å². The zero-order valence-corrected chi connectivity index (χ0v) is 16.9. The number of aromatic nitrogens is 1. The molecular formula is C22H27N5O3. The average molecular weight is 409 g/mol. The standard InChI is InChI=1S/C22H27N5O3/c23-11-14-2-1-4-25-19(14)26-17-3-5-27(12-17)21(29)30-18-15-6-13-7-16(18)10-22(8-13,9-15)20(24)28/h1-2,4,13,15-18H,3,5-10,12H2,(H2,24,28)(H,25,26)/t13?,15?,16?,17-,18?,22?/m0/s1. The van der Waals surface area contributed by atoms with E-state index in [-0.39, 0.29) is 41.4 Å². The van der Waals surface area contributed by atoms with Crippen LogP contribution >= 0.6 is 0 Å². The number of hydrogen-bond acceptors (Lipinski definition) is 6. The number of hydrogen-bond donors (Lipinski definition) is 2. The van der Waals surface area contributed by atoms with Gasteiger partial charge in [0.2, 0.25) is 5.91 Å². The highest BCUT2D eigenvalue weighted by Crippen LogP contribution is 2.60. The molecule has 5 aliphatic rings. The second-order valence-electron chi connectivity index (χ2n) is 9.55. The molecule has 2 amide bonds. The summed E-state index contributed by atoms with van der Waals surface area (Å²) in [5.74, 6) is 1.41. The number of pyridine rings is 1. The molecule has 5 fully saturated rings. The molecule has 2 unspecified atom stereocenters. The third-order valence-corrected chi connectivity index (χ3v) is 7.66. The van der Waals surface area contributed by atoms with E-state index < -0.39 is 0 Å². The first-order valence-corrected chi connectivity index (χ1v) is 10.8. The van der Waals surface area contributed by atoms with Gasteiger partial charge in [-0.15, -0.1) is 0 Å². The van der Waals surface area contributed by atoms with Crippen LogP contribution in [0.1, 0.15) is 44.1 Å². The van der Waals surface area contributed by atoms with E-state index in [1.165, 1.54) is 0 Å². The van der Waals surface area contributed by atoms with Crippen LogP contribution in [0.5, 0.6) is 0 Å². The molecule has 158 valence electrons. The van der Waals surface area contributed by atoms with Crippen LogP contribution in [-0.2, 0) is 9.53 Å². The Balaban J connectivity index is 1.20. The Morgan fingerprint density at radius 3 is 2.77 bits per heavy atom. The predicted octanol–water partition coefficient (Wildman–Crippen LogP) is 2.26. The summed E-state index contributed by atoms with van der Waals surface area (Å²) in [5.41, 5.74) is 5.87. The number of carbonyl (C=O) groups excluding carboxylic acids is 2. The number of nitrogens with two attached hydrogens (primary N) is 1. The maximum Gasteiger partial charge on any atom is 0.410 e. The topological polar surface area (TPSA) is 121 Å². The fourth-order valence-corrected chi connectivity index (χ4v) is 6.51. The Hall–Kier alpha value is -2.82. The van der Waals surface area contributed by atoms with Gasteiger partial charge in [0.25, 0.3) is 0 Å². The number of nitriles is 1. The summed E-state index contributed by atoms with van der Waals surface area (Å²) in [7, 11) is 0. The number of nitrogens with one attached hydrogen (secondary N) is 1. The van der Waals surface area contributed by atoms with Crippen LogP contribution in [0.15, 0.2) is 18.3 Å². The van der Waals surface area contributed by atoms with Crippen molar-refractivity contribution in [1.82, 2.24) is 9.88 Å². The summed E-state index contributed by atoms with van der Waals surface area (Å²) in [5, 5.41) is 12.5. The van der Waals surface area contributed by atoms with Gasteiger partial charge in [0, 0.05) is 25.3 Å². The van der Waals surface area contributed by atoms with Crippen molar-refractivity contribution in [3.8, 4) is 6.07 Å². The number of anilines is 1. The van der Waals surface area contributed by atoms with Crippen molar-refractivity contribution < 1.29 is 14.3 Å². The fraction of sp³-hybridized carbons (Fsp3) is 0.636. The van der Waals surface area contributed by atoms with E-state index in [1.54, 1.807) is 23.2 Å². The second kappa shape index (κ2) is 7.15.